The minimum absolute atomic E-state index is 0.114. The molecule has 0 aliphatic rings. The second kappa shape index (κ2) is 8.91. The highest BCUT2D eigenvalue weighted by Gasteiger charge is 2.15. The average Bonchev–Trinajstić information content (AvgIpc) is 3.06. The van der Waals surface area contributed by atoms with Gasteiger partial charge in [-0.2, -0.15) is 0 Å². The first-order valence-electron chi connectivity index (χ1n) is 8.36. The van der Waals surface area contributed by atoms with Crippen LogP contribution >= 0.6 is 39.3 Å². The van der Waals surface area contributed by atoms with Gasteiger partial charge in [0.05, 0.1) is 10.8 Å². The molecule has 1 amide bonds. The van der Waals surface area contributed by atoms with E-state index in [1.54, 1.807) is 18.2 Å². The molecular weight excluding hydrogens is 448 g/mol. The molecule has 3 rings (SSSR count). The van der Waals surface area contributed by atoms with E-state index in [2.05, 4.69) is 37.5 Å². The van der Waals surface area contributed by atoms with Gasteiger partial charge in [-0.05, 0) is 54.0 Å². The van der Waals surface area contributed by atoms with Crippen LogP contribution in [0.4, 0.5) is 5.69 Å². The van der Waals surface area contributed by atoms with Crippen LogP contribution in [0.3, 0.4) is 0 Å². The van der Waals surface area contributed by atoms with Gasteiger partial charge >= 0.3 is 0 Å². The first-order chi connectivity index (χ1) is 13.0. The summed E-state index contributed by atoms with van der Waals surface area (Å²) in [6.07, 6.45) is 0. The molecule has 0 unspecified atom stereocenters. The number of rotatable bonds is 6. The Bertz CT molecular complexity index is 976. The molecule has 27 heavy (non-hydrogen) atoms. The van der Waals surface area contributed by atoms with E-state index in [4.69, 9.17) is 11.6 Å². The predicted octanol–water partition coefficient (Wildman–Crippen LogP) is 5.42. The van der Waals surface area contributed by atoms with E-state index in [0.29, 0.717) is 10.7 Å². The fraction of sp³-hybridized carbons (Fsp3) is 0.211. The number of aryl methyl sites for hydroxylation is 1. The quantitative estimate of drug-likeness (QED) is 0.494. The fourth-order valence-corrected chi connectivity index (χ4v) is 3.88. The molecule has 0 aliphatic heterocycles. The fourth-order valence-electron chi connectivity index (χ4n) is 2.58. The van der Waals surface area contributed by atoms with E-state index in [1.165, 1.54) is 17.3 Å². The zero-order valence-corrected chi connectivity index (χ0v) is 18.0. The molecule has 0 saturated heterocycles. The summed E-state index contributed by atoms with van der Waals surface area (Å²) in [6, 6.07) is 13.4. The number of nitrogens with one attached hydrogen (secondary N) is 1. The molecule has 5 nitrogen and oxygen atoms in total. The summed E-state index contributed by atoms with van der Waals surface area (Å²) in [5.41, 5.74) is 2.88. The highest BCUT2D eigenvalue weighted by Crippen LogP contribution is 2.27. The Balaban J connectivity index is 1.69. The van der Waals surface area contributed by atoms with Gasteiger partial charge in [0.2, 0.25) is 5.91 Å². The maximum atomic E-state index is 12.3. The Morgan fingerprint density at radius 3 is 2.78 bits per heavy atom. The molecular formula is C19H18BrClN4OS. The lowest BCUT2D eigenvalue weighted by atomic mass is 10.1. The minimum Gasteiger partial charge on any atom is -0.325 e. The van der Waals surface area contributed by atoms with Crippen molar-refractivity contribution < 1.29 is 4.79 Å². The SMILES string of the molecule is CCn1c(SCC(=O)Nc2ccc(Cl)c(Br)c2)nnc1-c1cccc(C)c1. The number of hydrogen-bond acceptors (Lipinski definition) is 4. The third kappa shape index (κ3) is 4.91. The zero-order chi connectivity index (χ0) is 19.4. The van der Waals surface area contributed by atoms with Crippen LogP contribution in [0, 0.1) is 6.92 Å². The van der Waals surface area contributed by atoms with Crippen molar-refractivity contribution in [2.24, 2.45) is 0 Å². The lowest BCUT2D eigenvalue weighted by Gasteiger charge is -2.08. The molecule has 0 atom stereocenters. The summed E-state index contributed by atoms with van der Waals surface area (Å²) >= 11 is 10.7. The third-order valence-corrected chi connectivity index (χ3v) is 6.03. The smallest absolute Gasteiger partial charge is 0.234 e. The van der Waals surface area contributed by atoms with Gasteiger partial charge in [0, 0.05) is 22.3 Å². The topological polar surface area (TPSA) is 59.8 Å². The Kier molecular flexibility index (Phi) is 6.57. The number of halogens is 2. The Morgan fingerprint density at radius 2 is 2.07 bits per heavy atom. The number of amides is 1. The molecule has 8 heteroatoms. The van der Waals surface area contributed by atoms with E-state index >= 15 is 0 Å². The van der Waals surface area contributed by atoms with Crippen LogP contribution in [-0.4, -0.2) is 26.4 Å². The van der Waals surface area contributed by atoms with Crippen LogP contribution in [0.25, 0.3) is 11.4 Å². The van der Waals surface area contributed by atoms with Gasteiger partial charge in [-0.1, -0.05) is 47.1 Å². The number of nitrogens with zero attached hydrogens (tertiary/aromatic N) is 3. The summed E-state index contributed by atoms with van der Waals surface area (Å²) in [7, 11) is 0. The molecule has 0 aliphatic carbocycles. The van der Waals surface area contributed by atoms with E-state index < -0.39 is 0 Å². The van der Waals surface area contributed by atoms with Gasteiger partial charge in [0.15, 0.2) is 11.0 Å². The van der Waals surface area contributed by atoms with Crippen LogP contribution in [0.15, 0.2) is 52.1 Å². The number of carbonyl (C=O) groups excluding carboxylic acids is 1. The van der Waals surface area contributed by atoms with Crippen molar-refractivity contribution in [1.29, 1.82) is 0 Å². The Morgan fingerprint density at radius 1 is 1.26 bits per heavy atom. The maximum absolute atomic E-state index is 12.3. The summed E-state index contributed by atoms with van der Waals surface area (Å²) < 4.78 is 2.76. The van der Waals surface area contributed by atoms with E-state index in [9.17, 15) is 4.79 Å². The molecule has 140 valence electrons. The van der Waals surface area contributed by atoms with Crippen molar-refractivity contribution in [3.8, 4) is 11.4 Å². The third-order valence-electron chi connectivity index (χ3n) is 3.85. The van der Waals surface area contributed by atoms with Gasteiger partial charge in [-0.15, -0.1) is 10.2 Å². The highest BCUT2D eigenvalue weighted by molar-refractivity contribution is 9.10. The highest BCUT2D eigenvalue weighted by atomic mass is 79.9. The Hall–Kier alpha value is -1.83. The number of aromatic nitrogens is 3. The number of thioether (sulfide) groups is 1. The largest absolute Gasteiger partial charge is 0.325 e. The van der Waals surface area contributed by atoms with Gasteiger partial charge < -0.3 is 9.88 Å². The number of anilines is 1. The molecule has 0 spiro atoms. The van der Waals surface area contributed by atoms with Gasteiger partial charge in [-0.25, -0.2) is 0 Å². The van der Waals surface area contributed by atoms with Crippen LogP contribution in [0.5, 0.6) is 0 Å². The monoisotopic (exact) mass is 464 g/mol. The number of carbonyl (C=O) groups is 1. The van der Waals surface area contributed by atoms with Crippen LogP contribution < -0.4 is 5.32 Å². The number of hydrogen-bond donors (Lipinski definition) is 1. The van der Waals surface area contributed by atoms with Crippen LogP contribution in [-0.2, 0) is 11.3 Å². The van der Waals surface area contributed by atoms with Crippen molar-refractivity contribution in [2.45, 2.75) is 25.5 Å². The van der Waals surface area contributed by atoms with Gasteiger partial charge in [0.25, 0.3) is 0 Å². The molecule has 1 N–H and O–H groups in total. The van der Waals surface area contributed by atoms with E-state index in [0.717, 1.165) is 27.6 Å². The minimum atomic E-state index is -0.114. The van der Waals surface area contributed by atoms with Gasteiger partial charge in [-0.3, -0.25) is 4.79 Å². The van der Waals surface area contributed by atoms with Crippen LogP contribution in [0.2, 0.25) is 5.02 Å². The normalized spacial score (nSPS) is 10.8. The molecule has 2 aromatic carbocycles. The first kappa shape index (κ1) is 19.9. The van der Waals surface area contributed by atoms with E-state index in [1.807, 2.05) is 36.6 Å². The molecule has 3 aromatic rings. The molecule has 0 radical (unpaired) electrons. The summed E-state index contributed by atoms with van der Waals surface area (Å²) in [4.78, 5) is 12.3. The lowest BCUT2D eigenvalue weighted by molar-refractivity contribution is -0.113. The zero-order valence-electron chi connectivity index (χ0n) is 14.9. The summed E-state index contributed by atoms with van der Waals surface area (Å²) in [5.74, 6) is 0.939. The predicted molar refractivity (Wildman–Crippen MR) is 114 cm³/mol. The molecule has 1 heterocycles. The van der Waals surface area contributed by atoms with E-state index in [-0.39, 0.29) is 11.7 Å². The number of benzene rings is 2. The lowest BCUT2D eigenvalue weighted by Crippen LogP contribution is -2.14. The maximum Gasteiger partial charge on any atom is 0.234 e. The second-order valence-corrected chi connectivity index (χ2v) is 8.09. The Labute approximate surface area is 175 Å². The van der Waals surface area contributed by atoms with Crippen molar-refractivity contribution in [1.82, 2.24) is 14.8 Å². The molecule has 0 bridgehead atoms. The summed E-state index contributed by atoms with van der Waals surface area (Å²) in [6.45, 7) is 4.81. The van der Waals surface area contributed by atoms with Crippen LogP contribution in [0.1, 0.15) is 12.5 Å². The first-order valence-corrected chi connectivity index (χ1v) is 10.5. The average molecular weight is 466 g/mol. The molecule has 1 aromatic heterocycles. The molecule has 0 fully saturated rings. The van der Waals surface area contributed by atoms with Crippen molar-refractivity contribution >= 4 is 50.9 Å². The van der Waals surface area contributed by atoms with Crippen molar-refractivity contribution in [3.63, 3.8) is 0 Å². The standard InChI is InChI=1S/C19H18BrClN4OS/c1-3-25-18(13-6-4-5-12(2)9-13)23-24-19(25)27-11-17(26)22-14-7-8-16(21)15(20)10-14/h4-10H,3,11H2,1-2H3,(H,22,26). The van der Waals surface area contributed by atoms with Crippen molar-refractivity contribution in [3.05, 3.63) is 57.5 Å². The molecule has 0 saturated carbocycles. The summed E-state index contributed by atoms with van der Waals surface area (Å²) in [5, 5.41) is 12.8. The van der Waals surface area contributed by atoms with Crippen molar-refractivity contribution in [2.75, 3.05) is 11.1 Å². The second-order valence-electron chi connectivity index (χ2n) is 5.89. The van der Waals surface area contributed by atoms with Gasteiger partial charge in [0.1, 0.15) is 0 Å².